The van der Waals surface area contributed by atoms with Crippen LogP contribution in [0.4, 0.5) is 0 Å². The van der Waals surface area contributed by atoms with E-state index in [4.69, 9.17) is 4.74 Å². The van der Waals surface area contributed by atoms with Crippen LogP contribution < -0.4 is 4.74 Å². The van der Waals surface area contributed by atoms with E-state index in [-0.39, 0.29) is 12.4 Å². The SMILES string of the molecule is CC.CC(=O)COc1ccc(C)c2cccnc12. The number of Topliss-reactive ketones (excluding diaryl/α,β-unsaturated/α-hetero) is 1. The normalized spacial score (nSPS) is 9.56. The van der Waals surface area contributed by atoms with E-state index in [9.17, 15) is 4.79 Å². The van der Waals surface area contributed by atoms with Crippen molar-refractivity contribution < 1.29 is 9.53 Å². The third-order valence-electron chi connectivity index (χ3n) is 2.38. The Labute approximate surface area is 108 Å². The number of aryl methyl sites for hydroxylation is 1. The Balaban J connectivity index is 0.000000771. The molecule has 0 aliphatic heterocycles. The first-order valence-corrected chi connectivity index (χ1v) is 6.15. The van der Waals surface area contributed by atoms with Crippen LogP contribution >= 0.6 is 0 Å². The van der Waals surface area contributed by atoms with Crippen LogP contribution in [0.15, 0.2) is 30.5 Å². The van der Waals surface area contributed by atoms with Crippen LogP contribution in [0.2, 0.25) is 0 Å². The molecule has 0 radical (unpaired) electrons. The summed E-state index contributed by atoms with van der Waals surface area (Å²) in [7, 11) is 0. The van der Waals surface area contributed by atoms with Crippen LogP contribution in [0.1, 0.15) is 26.3 Å². The lowest BCUT2D eigenvalue weighted by atomic mass is 10.1. The van der Waals surface area contributed by atoms with E-state index >= 15 is 0 Å². The highest BCUT2D eigenvalue weighted by atomic mass is 16.5. The number of rotatable bonds is 3. The molecule has 2 aromatic rings. The predicted octanol–water partition coefficient (Wildman–Crippen LogP) is 3.54. The first-order valence-electron chi connectivity index (χ1n) is 6.15. The highest BCUT2D eigenvalue weighted by Crippen LogP contribution is 2.25. The predicted molar refractivity (Wildman–Crippen MR) is 74.0 cm³/mol. The molecule has 0 saturated carbocycles. The number of fused-ring (bicyclic) bond motifs is 1. The van der Waals surface area contributed by atoms with E-state index in [1.54, 1.807) is 6.20 Å². The van der Waals surface area contributed by atoms with Crippen LogP contribution in [0, 0.1) is 6.92 Å². The second-order valence-electron chi connectivity index (χ2n) is 3.77. The maximum Gasteiger partial charge on any atom is 0.167 e. The van der Waals surface area contributed by atoms with Gasteiger partial charge in [0.25, 0.3) is 0 Å². The molecule has 1 aromatic carbocycles. The minimum absolute atomic E-state index is 0.00431. The molecule has 0 spiro atoms. The summed E-state index contributed by atoms with van der Waals surface area (Å²) in [5.41, 5.74) is 1.96. The molecule has 0 amide bonds. The van der Waals surface area contributed by atoms with E-state index < -0.39 is 0 Å². The Morgan fingerprint density at radius 3 is 2.67 bits per heavy atom. The van der Waals surface area contributed by atoms with Gasteiger partial charge in [0.05, 0.1) is 0 Å². The molecule has 3 heteroatoms. The molecule has 96 valence electrons. The number of ketones is 1. The van der Waals surface area contributed by atoms with Crippen molar-refractivity contribution >= 4 is 16.7 Å². The molecule has 0 N–H and O–H groups in total. The van der Waals surface area contributed by atoms with E-state index in [0.29, 0.717) is 5.75 Å². The third-order valence-corrected chi connectivity index (χ3v) is 2.38. The van der Waals surface area contributed by atoms with Gasteiger partial charge in [0, 0.05) is 11.6 Å². The van der Waals surface area contributed by atoms with Gasteiger partial charge in [0.1, 0.15) is 17.9 Å². The van der Waals surface area contributed by atoms with Crippen molar-refractivity contribution in [1.82, 2.24) is 4.98 Å². The molecule has 0 bridgehead atoms. The minimum Gasteiger partial charge on any atom is -0.484 e. The molecule has 0 unspecified atom stereocenters. The fourth-order valence-electron chi connectivity index (χ4n) is 1.59. The number of ether oxygens (including phenoxy) is 1. The molecule has 0 atom stereocenters. The standard InChI is InChI=1S/C13H13NO2.C2H6/c1-9-5-6-12(16-8-10(2)15)13-11(9)4-3-7-14-13;1-2/h3-7H,8H2,1-2H3;1-2H3. The topological polar surface area (TPSA) is 39.2 Å². The molecule has 3 nitrogen and oxygen atoms in total. The van der Waals surface area contributed by atoms with Gasteiger partial charge in [0.2, 0.25) is 0 Å². The van der Waals surface area contributed by atoms with Gasteiger partial charge in [-0.3, -0.25) is 9.78 Å². The van der Waals surface area contributed by atoms with E-state index in [0.717, 1.165) is 16.5 Å². The molecular weight excluding hydrogens is 226 g/mol. The minimum atomic E-state index is 0.00431. The van der Waals surface area contributed by atoms with E-state index in [2.05, 4.69) is 4.98 Å². The van der Waals surface area contributed by atoms with Crippen molar-refractivity contribution in [3.63, 3.8) is 0 Å². The fraction of sp³-hybridized carbons (Fsp3) is 0.333. The largest absolute Gasteiger partial charge is 0.484 e. The molecule has 0 aliphatic carbocycles. The zero-order valence-electron chi connectivity index (χ0n) is 11.4. The molecule has 1 heterocycles. The molecule has 18 heavy (non-hydrogen) atoms. The smallest absolute Gasteiger partial charge is 0.167 e. The van der Waals surface area contributed by atoms with Gasteiger partial charge in [-0.25, -0.2) is 0 Å². The number of hydrogen-bond acceptors (Lipinski definition) is 3. The molecule has 2 rings (SSSR count). The summed E-state index contributed by atoms with van der Waals surface area (Å²) < 4.78 is 5.42. The fourth-order valence-corrected chi connectivity index (χ4v) is 1.59. The Kier molecular flexibility index (Phi) is 5.31. The van der Waals surface area contributed by atoms with Gasteiger partial charge in [-0.2, -0.15) is 0 Å². The quantitative estimate of drug-likeness (QED) is 0.830. The van der Waals surface area contributed by atoms with Crippen molar-refractivity contribution in [2.45, 2.75) is 27.7 Å². The molecule has 0 aliphatic rings. The Morgan fingerprint density at radius 2 is 2.00 bits per heavy atom. The van der Waals surface area contributed by atoms with Gasteiger partial charge in [-0.15, -0.1) is 0 Å². The number of aromatic nitrogens is 1. The Morgan fingerprint density at radius 1 is 1.28 bits per heavy atom. The number of carbonyl (C=O) groups excluding carboxylic acids is 1. The van der Waals surface area contributed by atoms with Crippen molar-refractivity contribution in [2.24, 2.45) is 0 Å². The summed E-state index contributed by atoms with van der Waals surface area (Å²) in [5.74, 6) is 0.668. The maximum absolute atomic E-state index is 10.9. The van der Waals surface area contributed by atoms with Crippen molar-refractivity contribution in [3.8, 4) is 5.75 Å². The van der Waals surface area contributed by atoms with Crippen LogP contribution in [-0.2, 0) is 4.79 Å². The third kappa shape index (κ3) is 3.29. The lowest BCUT2D eigenvalue weighted by Gasteiger charge is -2.08. The van der Waals surface area contributed by atoms with Crippen LogP contribution in [0.25, 0.3) is 10.9 Å². The number of nitrogens with zero attached hydrogens (tertiary/aromatic N) is 1. The van der Waals surface area contributed by atoms with E-state index in [1.807, 2.05) is 45.0 Å². The second-order valence-corrected chi connectivity index (χ2v) is 3.77. The molecule has 0 fully saturated rings. The van der Waals surface area contributed by atoms with Gasteiger partial charge in [0.15, 0.2) is 5.78 Å². The zero-order chi connectivity index (χ0) is 13.5. The second kappa shape index (κ2) is 6.74. The van der Waals surface area contributed by atoms with Gasteiger partial charge in [-0.1, -0.05) is 26.0 Å². The van der Waals surface area contributed by atoms with Crippen LogP contribution in [-0.4, -0.2) is 17.4 Å². The van der Waals surface area contributed by atoms with Gasteiger partial charge >= 0.3 is 0 Å². The number of pyridine rings is 1. The molecule has 1 aromatic heterocycles. The lowest BCUT2D eigenvalue weighted by Crippen LogP contribution is -2.07. The Bertz CT molecular complexity index is 535. The summed E-state index contributed by atoms with van der Waals surface area (Å²) in [6, 6.07) is 7.72. The summed E-state index contributed by atoms with van der Waals surface area (Å²) in [6.45, 7) is 7.62. The van der Waals surface area contributed by atoms with Crippen LogP contribution in [0.5, 0.6) is 5.75 Å². The highest BCUT2D eigenvalue weighted by Gasteiger charge is 2.06. The molecular formula is C15H19NO2. The first-order chi connectivity index (χ1) is 8.68. The number of hydrogen-bond donors (Lipinski definition) is 0. The highest BCUT2D eigenvalue weighted by molar-refractivity contribution is 5.87. The summed E-state index contributed by atoms with van der Waals surface area (Å²) in [5, 5.41) is 1.06. The van der Waals surface area contributed by atoms with Crippen molar-refractivity contribution in [2.75, 3.05) is 6.61 Å². The number of benzene rings is 1. The van der Waals surface area contributed by atoms with E-state index in [1.165, 1.54) is 6.92 Å². The van der Waals surface area contributed by atoms with Gasteiger partial charge < -0.3 is 4.74 Å². The van der Waals surface area contributed by atoms with Crippen LogP contribution in [0.3, 0.4) is 0 Å². The number of carbonyl (C=O) groups is 1. The summed E-state index contributed by atoms with van der Waals surface area (Å²) >= 11 is 0. The monoisotopic (exact) mass is 245 g/mol. The summed E-state index contributed by atoms with van der Waals surface area (Å²) in [4.78, 5) is 15.2. The Hall–Kier alpha value is -1.90. The lowest BCUT2D eigenvalue weighted by molar-refractivity contribution is -0.118. The van der Waals surface area contributed by atoms with Gasteiger partial charge in [-0.05, 0) is 31.5 Å². The first kappa shape index (κ1) is 14.2. The average Bonchev–Trinajstić information content (AvgIpc) is 2.40. The zero-order valence-corrected chi connectivity index (χ0v) is 11.4. The van der Waals surface area contributed by atoms with Crippen molar-refractivity contribution in [1.29, 1.82) is 0 Å². The van der Waals surface area contributed by atoms with Crippen molar-refractivity contribution in [3.05, 3.63) is 36.0 Å². The summed E-state index contributed by atoms with van der Waals surface area (Å²) in [6.07, 6.45) is 1.72. The average molecular weight is 245 g/mol. The molecule has 0 saturated heterocycles. The maximum atomic E-state index is 10.9.